The second kappa shape index (κ2) is 15.4. The van der Waals surface area contributed by atoms with Gasteiger partial charge in [0.05, 0.1) is 11.0 Å². The number of allylic oxidation sites excluding steroid dienone is 4. The van der Waals surface area contributed by atoms with Gasteiger partial charge in [-0.2, -0.15) is 0 Å². The molecular formula is C60H42N2O. The van der Waals surface area contributed by atoms with E-state index in [1.54, 1.807) is 0 Å². The maximum absolute atomic E-state index is 6.42. The zero-order valence-corrected chi connectivity index (χ0v) is 34.6. The summed E-state index contributed by atoms with van der Waals surface area (Å²) in [6.07, 6.45) is 9.86. The van der Waals surface area contributed by atoms with E-state index in [1.807, 2.05) is 12.1 Å². The van der Waals surface area contributed by atoms with Gasteiger partial charge in [0, 0.05) is 55.8 Å². The van der Waals surface area contributed by atoms with Crippen molar-refractivity contribution in [3.63, 3.8) is 0 Å². The number of fused-ring (bicyclic) bond motifs is 6. The Morgan fingerprint density at radius 2 is 0.968 bits per heavy atom. The fourth-order valence-corrected chi connectivity index (χ4v) is 9.59. The SMILES string of the molecule is C1=CCC(c2ccc(N(c3ccc(-c4ccc(-c5cccc(-n6c7ccccc7c7ccccc76)c5)cc4)cc3)c3ccc(-c4cccc5c4oc4ccccc45)cc3)cc2)C=C1. The second-order valence-electron chi connectivity index (χ2n) is 16.5. The molecule has 0 spiro atoms. The van der Waals surface area contributed by atoms with Gasteiger partial charge in [-0.1, -0.05) is 170 Å². The van der Waals surface area contributed by atoms with E-state index in [4.69, 9.17) is 4.42 Å². The first kappa shape index (κ1) is 36.7. The van der Waals surface area contributed by atoms with E-state index in [0.29, 0.717) is 5.92 Å². The van der Waals surface area contributed by atoms with Gasteiger partial charge in [-0.05, 0) is 107 Å². The van der Waals surface area contributed by atoms with Gasteiger partial charge in [0.25, 0.3) is 0 Å². The van der Waals surface area contributed by atoms with Crippen molar-refractivity contribution in [2.75, 3.05) is 4.90 Å². The number of hydrogen-bond acceptors (Lipinski definition) is 2. The highest BCUT2D eigenvalue weighted by Gasteiger charge is 2.18. The monoisotopic (exact) mass is 806 g/mol. The van der Waals surface area contributed by atoms with Crippen LogP contribution in [0.2, 0.25) is 0 Å². The lowest BCUT2D eigenvalue weighted by Crippen LogP contribution is -2.10. The summed E-state index contributed by atoms with van der Waals surface area (Å²) in [6, 6.07) is 76.8. The van der Waals surface area contributed by atoms with Gasteiger partial charge in [0.1, 0.15) is 11.2 Å². The molecule has 0 saturated carbocycles. The number of hydrogen-bond donors (Lipinski definition) is 0. The second-order valence-corrected chi connectivity index (χ2v) is 16.5. The van der Waals surface area contributed by atoms with Crippen LogP contribution >= 0.6 is 0 Å². The van der Waals surface area contributed by atoms with E-state index in [2.05, 4.69) is 234 Å². The summed E-state index contributed by atoms with van der Waals surface area (Å²) in [6.45, 7) is 0. The van der Waals surface area contributed by atoms with Gasteiger partial charge >= 0.3 is 0 Å². The van der Waals surface area contributed by atoms with E-state index >= 15 is 0 Å². The Kier molecular flexibility index (Phi) is 8.97. The van der Waals surface area contributed by atoms with Crippen molar-refractivity contribution in [2.24, 2.45) is 0 Å². The molecule has 298 valence electrons. The minimum Gasteiger partial charge on any atom is -0.455 e. The van der Waals surface area contributed by atoms with Crippen molar-refractivity contribution in [3.05, 3.63) is 242 Å². The van der Waals surface area contributed by atoms with E-state index in [0.717, 1.165) is 62.2 Å². The average Bonchev–Trinajstić information content (AvgIpc) is 3.91. The summed E-state index contributed by atoms with van der Waals surface area (Å²) in [5.41, 5.74) is 17.0. The molecule has 0 saturated heterocycles. The highest BCUT2D eigenvalue weighted by molar-refractivity contribution is 6.10. The molecule has 0 radical (unpaired) electrons. The molecule has 9 aromatic carbocycles. The first-order chi connectivity index (χ1) is 31.2. The molecule has 3 heteroatoms. The van der Waals surface area contributed by atoms with E-state index in [-0.39, 0.29) is 0 Å². The molecule has 1 unspecified atom stereocenters. The van der Waals surface area contributed by atoms with Gasteiger partial charge in [-0.3, -0.25) is 0 Å². The molecule has 63 heavy (non-hydrogen) atoms. The Labute approximate surface area is 366 Å². The molecule has 12 rings (SSSR count). The number of nitrogens with zero attached hydrogens (tertiary/aromatic N) is 2. The topological polar surface area (TPSA) is 21.3 Å². The molecule has 1 aliphatic carbocycles. The van der Waals surface area contributed by atoms with Crippen molar-refractivity contribution >= 4 is 60.8 Å². The molecular weight excluding hydrogens is 765 g/mol. The van der Waals surface area contributed by atoms with Crippen LogP contribution in [0, 0.1) is 0 Å². The van der Waals surface area contributed by atoms with Gasteiger partial charge in [0.2, 0.25) is 0 Å². The zero-order valence-electron chi connectivity index (χ0n) is 34.6. The molecule has 3 nitrogen and oxygen atoms in total. The van der Waals surface area contributed by atoms with E-state index < -0.39 is 0 Å². The normalized spacial score (nSPS) is 13.7. The largest absolute Gasteiger partial charge is 0.455 e. The van der Waals surface area contributed by atoms with Crippen LogP contribution in [0.25, 0.3) is 82.8 Å². The number of para-hydroxylation sites is 4. The van der Waals surface area contributed by atoms with Gasteiger partial charge in [-0.15, -0.1) is 0 Å². The van der Waals surface area contributed by atoms with Crippen LogP contribution in [0.5, 0.6) is 0 Å². The minimum atomic E-state index is 0.396. The van der Waals surface area contributed by atoms with Crippen LogP contribution in [-0.4, -0.2) is 4.57 Å². The molecule has 2 heterocycles. The van der Waals surface area contributed by atoms with Crippen LogP contribution in [0.15, 0.2) is 241 Å². The standard InChI is InChI=1S/C60H42N2O/c1-2-12-41(13-3-1)43-28-34-48(35-29-43)61(50-38-32-46(33-39-50)52-19-11-20-56-55-18-6-9-23-59(55)63-60(52)56)49-36-30-44(31-37-49)42-24-26-45(27-25-42)47-14-10-15-51(40-47)62-57-21-7-4-16-53(57)54-17-5-8-22-58(54)62/h1-12,14-41H,13H2. The summed E-state index contributed by atoms with van der Waals surface area (Å²) >= 11 is 0. The minimum absolute atomic E-state index is 0.396. The van der Waals surface area contributed by atoms with E-state index in [9.17, 15) is 0 Å². The fraction of sp³-hybridized carbons (Fsp3) is 0.0333. The van der Waals surface area contributed by atoms with Crippen molar-refractivity contribution in [2.45, 2.75) is 12.3 Å². The lowest BCUT2D eigenvalue weighted by atomic mass is 9.92. The van der Waals surface area contributed by atoms with Crippen LogP contribution < -0.4 is 4.90 Å². The number of benzene rings is 9. The summed E-state index contributed by atoms with van der Waals surface area (Å²) in [7, 11) is 0. The predicted molar refractivity (Wildman–Crippen MR) is 265 cm³/mol. The summed E-state index contributed by atoms with van der Waals surface area (Å²) in [5.74, 6) is 0.396. The third-order valence-electron chi connectivity index (χ3n) is 12.8. The smallest absolute Gasteiger partial charge is 0.143 e. The molecule has 1 aliphatic rings. The lowest BCUT2D eigenvalue weighted by molar-refractivity contribution is 0.670. The number of furan rings is 1. The Morgan fingerprint density at radius 1 is 0.429 bits per heavy atom. The van der Waals surface area contributed by atoms with Crippen molar-refractivity contribution < 1.29 is 4.42 Å². The van der Waals surface area contributed by atoms with Crippen LogP contribution in [0.3, 0.4) is 0 Å². The molecule has 11 aromatic rings. The van der Waals surface area contributed by atoms with Crippen LogP contribution in [0.1, 0.15) is 17.9 Å². The molecule has 0 fully saturated rings. The Morgan fingerprint density at radius 3 is 1.62 bits per heavy atom. The Hall–Kier alpha value is -8.14. The van der Waals surface area contributed by atoms with Crippen LogP contribution in [-0.2, 0) is 0 Å². The van der Waals surface area contributed by atoms with Crippen LogP contribution in [0.4, 0.5) is 17.1 Å². The van der Waals surface area contributed by atoms with Crippen molar-refractivity contribution in [3.8, 4) is 39.1 Å². The summed E-state index contributed by atoms with van der Waals surface area (Å²) in [4.78, 5) is 2.35. The quantitative estimate of drug-likeness (QED) is 0.153. The highest BCUT2D eigenvalue weighted by Crippen LogP contribution is 2.41. The highest BCUT2D eigenvalue weighted by atomic mass is 16.3. The molecule has 1 atom stereocenters. The fourth-order valence-electron chi connectivity index (χ4n) is 9.59. The third-order valence-corrected chi connectivity index (χ3v) is 12.8. The lowest BCUT2D eigenvalue weighted by Gasteiger charge is -2.26. The number of anilines is 3. The van der Waals surface area contributed by atoms with Gasteiger partial charge in [-0.25, -0.2) is 0 Å². The molecule has 0 amide bonds. The predicted octanol–water partition coefficient (Wildman–Crippen LogP) is 16.8. The number of rotatable bonds is 8. The molecule has 0 N–H and O–H groups in total. The van der Waals surface area contributed by atoms with E-state index in [1.165, 1.54) is 49.6 Å². The number of aromatic nitrogens is 1. The maximum Gasteiger partial charge on any atom is 0.143 e. The Bertz CT molecular complexity index is 3460. The van der Waals surface area contributed by atoms with Crippen molar-refractivity contribution in [1.29, 1.82) is 0 Å². The molecule has 0 bridgehead atoms. The molecule has 0 aliphatic heterocycles. The summed E-state index contributed by atoms with van der Waals surface area (Å²) in [5, 5.41) is 4.81. The first-order valence-corrected chi connectivity index (χ1v) is 21.8. The Balaban J connectivity index is 0.858. The first-order valence-electron chi connectivity index (χ1n) is 21.8. The van der Waals surface area contributed by atoms with Gasteiger partial charge in [0.15, 0.2) is 0 Å². The summed E-state index contributed by atoms with van der Waals surface area (Å²) < 4.78 is 8.80. The van der Waals surface area contributed by atoms with Gasteiger partial charge < -0.3 is 13.9 Å². The van der Waals surface area contributed by atoms with Crippen molar-refractivity contribution in [1.82, 2.24) is 4.57 Å². The third kappa shape index (κ3) is 6.54. The maximum atomic E-state index is 6.42. The molecule has 2 aromatic heterocycles. The zero-order chi connectivity index (χ0) is 41.7. The average molecular weight is 807 g/mol.